The van der Waals surface area contributed by atoms with Crippen LogP contribution in [0.5, 0.6) is 0 Å². The minimum atomic E-state index is -3.57. The van der Waals surface area contributed by atoms with Crippen molar-refractivity contribution in [3.8, 4) is 0 Å². The fourth-order valence-electron chi connectivity index (χ4n) is 2.64. The molecular weight excluding hydrogens is 290 g/mol. The number of aromatic nitrogens is 3. The van der Waals surface area contributed by atoms with Crippen molar-refractivity contribution in [1.29, 1.82) is 0 Å². The van der Waals surface area contributed by atoms with Gasteiger partial charge in [-0.25, -0.2) is 13.1 Å². The van der Waals surface area contributed by atoms with Crippen molar-refractivity contribution < 1.29 is 8.42 Å². The predicted molar refractivity (Wildman–Crippen MR) is 79.3 cm³/mol. The number of rotatable bonds is 4. The van der Waals surface area contributed by atoms with Gasteiger partial charge >= 0.3 is 0 Å². The van der Waals surface area contributed by atoms with Crippen molar-refractivity contribution in [3.63, 3.8) is 0 Å². The van der Waals surface area contributed by atoms with Crippen LogP contribution in [0.25, 0.3) is 11.0 Å². The summed E-state index contributed by atoms with van der Waals surface area (Å²) in [7, 11) is -1.89. The number of hydrogen-bond acceptors (Lipinski definition) is 5. The van der Waals surface area contributed by atoms with Crippen LogP contribution >= 0.6 is 0 Å². The number of nitrogens with one attached hydrogen (secondary N) is 2. The van der Waals surface area contributed by atoms with Crippen LogP contribution in [0.15, 0.2) is 23.1 Å². The van der Waals surface area contributed by atoms with Crippen molar-refractivity contribution in [2.45, 2.75) is 17.7 Å². The fraction of sp³-hybridized carbons (Fsp3) is 0.538. The summed E-state index contributed by atoms with van der Waals surface area (Å²) in [5.74, 6) is 0.342. The van der Waals surface area contributed by atoms with Gasteiger partial charge < -0.3 is 5.32 Å². The second kappa shape index (κ2) is 5.70. The molecule has 7 nitrogen and oxygen atoms in total. The Balaban J connectivity index is 1.82. The normalized spacial score (nSPS) is 20.0. The number of piperidine rings is 1. The molecule has 0 spiro atoms. The van der Waals surface area contributed by atoms with E-state index in [9.17, 15) is 8.42 Å². The lowest BCUT2D eigenvalue weighted by atomic mass is 10.0. The molecule has 1 aromatic carbocycles. The number of fused-ring (bicyclic) bond motifs is 1. The molecule has 8 heteroatoms. The molecule has 2 N–H and O–H groups in total. The van der Waals surface area contributed by atoms with E-state index in [1.54, 1.807) is 25.2 Å². The van der Waals surface area contributed by atoms with Crippen LogP contribution < -0.4 is 10.0 Å². The van der Waals surface area contributed by atoms with Gasteiger partial charge in [0.15, 0.2) is 0 Å². The first-order valence-corrected chi connectivity index (χ1v) is 8.55. The molecule has 0 aliphatic carbocycles. The van der Waals surface area contributed by atoms with E-state index in [2.05, 4.69) is 20.2 Å². The molecule has 1 saturated heterocycles. The third kappa shape index (κ3) is 3.07. The minimum absolute atomic E-state index is 0.192. The molecule has 0 amide bonds. The van der Waals surface area contributed by atoms with Crippen LogP contribution in [0.4, 0.5) is 0 Å². The predicted octanol–water partition coefficient (Wildman–Crippen LogP) is 0.246. The van der Waals surface area contributed by atoms with E-state index in [0.717, 1.165) is 25.9 Å². The highest BCUT2D eigenvalue weighted by atomic mass is 32.2. The first kappa shape index (κ1) is 14.4. The zero-order valence-electron chi connectivity index (χ0n) is 11.9. The molecule has 0 bridgehead atoms. The lowest BCUT2D eigenvalue weighted by Crippen LogP contribution is -2.38. The molecular formula is C13H19N5O2S. The monoisotopic (exact) mass is 309 g/mol. The highest BCUT2D eigenvalue weighted by Crippen LogP contribution is 2.19. The van der Waals surface area contributed by atoms with Crippen molar-refractivity contribution in [2.75, 3.05) is 19.6 Å². The van der Waals surface area contributed by atoms with Gasteiger partial charge in [0.05, 0.1) is 0 Å². The van der Waals surface area contributed by atoms with Gasteiger partial charge in [0.25, 0.3) is 0 Å². The molecule has 0 saturated carbocycles. The van der Waals surface area contributed by atoms with Crippen molar-refractivity contribution in [1.82, 2.24) is 25.0 Å². The summed E-state index contributed by atoms with van der Waals surface area (Å²) in [5.41, 5.74) is 0.994. The third-order valence-electron chi connectivity index (χ3n) is 3.73. The highest BCUT2D eigenvalue weighted by Gasteiger charge is 2.22. The summed E-state index contributed by atoms with van der Waals surface area (Å²) in [6.07, 6.45) is 2.14. The molecule has 1 aromatic heterocycles. The zero-order chi connectivity index (χ0) is 14.9. The maximum absolute atomic E-state index is 12.5. The average molecular weight is 309 g/mol. The maximum Gasteiger partial charge on any atom is 0.242 e. The lowest BCUT2D eigenvalue weighted by molar-refractivity contribution is 0.376. The minimum Gasteiger partial charge on any atom is -0.316 e. The zero-order valence-corrected chi connectivity index (χ0v) is 12.7. The Bertz CT molecular complexity index is 734. The van der Waals surface area contributed by atoms with Gasteiger partial charge in [-0.3, -0.25) is 0 Å². The van der Waals surface area contributed by atoms with Gasteiger partial charge in [-0.1, -0.05) is 6.07 Å². The van der Waals surface area contributed by atoms with E-state index in [4.69, 9.17) is 0 Å². The van der Waals surface area contributed by atoms with Crippen LogP contribution in [-0.2, 0) is 17.1 Å². The van der Waals surface area contributed by atoms with Crippen molar-refractivity contribution in [2.24, 2.45) is 13.0 Å². The molecule has 1 fully saturated rings. The molecule has 0 unspecified atom stereocenters. The summed E-state index contributed by atoms with van der Waals surface area (Å²) in [5, 5.41) is 11.6. The van der Waals surface area contributed by atoms with Gasteiger partial charge in [-0.2, -0.15) is 15.0 Å². The Morgan fingerprint density at radius 3 is 3.05 bits per heavy atom. The largest absolute Gasteiger partial charge is 0.316 e. The average Bonchev–Trinajstić information content (AvgIpc) is 2.86. The van der Waals surface area contributed by atoms with E-state index >= 15 is 0 Å². The van der Waals surface area contributed by atoms with Crippen molar-refractivity contribution >= 4 is 21.1 Å². The smallest absolute Gasteiger partial charge is 0.242 e. The van der Waals surface area contributed by atoms with Gasteiger partial charge in [0.1, 0.15) is 15.9 Å². The second-order valence-electron chi connectivity index (χ2n) is 5.38. The Kier molecular flexibility index (Phi) is 3.92. The van der Waals surface area contributed by atoms with Crippen LogP contribution in [0.2, 0.25) is 0 Å². The summed E-state index contributed by atoms with van der Waals surface area (Å²) in [4.78, 5) is 1.58. The van der Waals surface area contributed by atoms with Crippen LogP contribution in [0.3, 0.4) is 0 Å². The molecule has 3 rings (SSSR count). The molecule has 2 heterocycles. The molecule has 1 aliphatic heterocycles. The van der Waals surface area contributed by atoms with E-state index in [0.29, 0.717) is 23.5 Å². The summed E-state index contributed by atoms with van der Waals surface area (Å²) < 4.78 is 27.7. The van der Waals surface area contributed by atoms with Crippen LogP contribution in [-0.4, -0.2) is 43.0 Å². The first-order chi connectivity index (χ1) is 10.1. The number of aryl methyl sites for hydroxylation is 1. The summed E-state index contributed by atoms with van der Waals surface area (Å²) >= 11 is 0. The maximum atomic E-state index is 12.5. The third-order valence-corrected chi connectivity index (χ3v) is 5.18. The quantitative estimate of drug-likeness (QED) is 0.845. The molecule has 21 heavy (non-hydrogen) atoms. The fourth-order valence-corrected chi connectivity index (χ4v) is 3.90. The Labute approximate surface area is 123 Å². The van der Waals surface area contributed by atoms with E-state index in [1.165, 1.54) is 4.80 Å². The number of hydrogen-bond donors (Lipinski definition) is 2. The SMILES string of the molecule is Cn1nc2cccc(S(=O)(=O)NC[C@H]3CCCNC3)c2n1. The van der Waals surface area contributed by atoms with E-state index in [-0.39, 0.29) is 4.90 Å². The highest BCUT2D eigenvalue weighted by molar-refractivity contribution is 7.89. The van der Waals surface area contributed by atoms with Crippen molar-refractivity contribution in [3.05, 3.63) is 18.2 Å². The Hall–Kier alpha value is -1.51. The molecule has 1 aliphatic rings. The Morgan fingerprint density at radius 2 is 2.29 bits per heavy atom. The van der Waals surface area contributed by atoms with Gasteiger partial charge in [-0.05, 0) is 44.0 Å². The topological polar surface area (TPSA) is 88.9 Å². The second-order valence-corrected chi connectivity index (χ2v) is 7.11. The lowest BCUT2D eigenvalue weighted by Gasteiger charge is -2.22. The standard InChI is InChI=1S/C13H19N5O2S/c1-18-16-11-5-2-6-12(13(11)17-18)21(19,20)15-9-10-4-3-7-14-8-10/h2,5-6,10,14-15H,3-4,7-9H2,1H3/t10-/m0/s1. The molecule has 1 atom stereocenters. The first-order valence-electron chi connectivity index (χ1n) is 7.07. The number of benzene rings is 1. The van der Waals surface area contributed by atoms with E-state index in [1.807, 2.05) is 0 Å². The van der Waals surface area contributed by atoms with Gasteiger partial charge in [-0.15, -0.1) is 0 Å². The van der Waals surface area contributed by atoms with E-state index < -0.39 is 10.0 Å². The summed E-state index contributed by atoms with van der Waals surface area (Å²) in [6, 6.07) is 5.01. The van der Waals surface area contributed by atoms with Gasteiger partial charge in [0, 0.05) is 13.6 Å². The van der Waals surface area contributed by atoms with Crippen LogP contribution in [0, 0.1) is 5.92 Å². The van der Waals surface area contributed by atoms with Crippen LogP contribution in [0.1, 0.15) is 12.8 Å². The molecule has 2 aromatic rings. The molecule has 0 radical (unpaired) electrons. The number of nitrogens with zero attached hydrogens (tertiary/aromatic N) is 3. The number of sulfonamides is 1. The summed E-state index contributed by atoms with van der Waals surface area (Å²) in [6.45, 7) is 2.33. The van der Waals surface area contributed by atoms with Gasteiger partial charge in [0.2, 0.25) is 10.0 Å². The Morgan fingerprint density at radius 1 is 1.43 bits per heavy atom. The molecule has 114 valence electrons.